The fraction of sp³-hybridized carbons (Fsp3) is 0.441. The van der Waals surface area contributed by atoms with E-state index in [0.717, 1.165) is 49.5 Å². The third-order valence-electron chi connectivity index (χ3n) is 8.58. The van der Waals surface area contributed by atoms with E-state index in [1.54, 1.807) is 12.1 Å². The van der Waals surface area contributed by atoms with E-state index in [0.29, 0.717) is 18.4 Å². The molecule has 0 aliphatic heterocycles. The summed E-state index contributed by atoms with van der Waals surface area (Å²) in [5.41, 5.74) is 1.44. The molecule has 2 aliphatic carbocycles. The maximum atomic E-state index is 13.8. The molecule has 8 heteroatoms. The van der Waals surface area contributed by atoms with Gasteiger partial charge in [-0.05, 0) is 56.2 Å². The molecule has 0 unspecified atom stereocenters. The van der Waals surface area contributed by atoms with Crippen molar-refractivity contribution in [3.05, 3.63) is 72.0 Å². The molecule has 0 spiro atoms. The van der Waals surface area contributed by atoms with Gasteiger partial charge in [0.2, 0.25) is 11.7 Å². The molecule has 3 atom stereocenters. The van der Waals surface area contributed by atoms with Crippen LogP contribution in [-0.2, 0) is 25.6 Å². The summed E-state index contributed by atoms with van der Waals surface area (Å²) in [5, 5.41) is 6.45. The number of nitrogens with one attached hydrogen (secondary N) is 2. The number of para-hydroxylation sites is 1. The zero-order chi connectivity index (χ0) is 29.5. The number of amides is 2. The number of fused-ring (bicyclic) bond motifs is 1. The lowest BCUT2D eigenvalue weighted by Gasteiger charge is -2.26. The zero-order valence-corrected chi connectivity index (χ0v) is 23.8. The maximum Gasteiger partial charge on any atom is 0.289 e. The van der Waals surface area contributed by atoms with E-state index in [-0.39, 0.29) is 48.5 Å². The minimum Gasteiger partial charge on any atom is -0.453 e. The molecule has 2 amide bonds. The topological polar surface area (TPSA) is 123 Å². The van der Waals surface area contributed by atoms with Crippen molar-refractivity contribution < 1.29 is 28.4 Å². The van der Waals surface area contributed by atoms with Crippen molar-refractivity contribution in [1.82, 2.24) is 10.6 Å². The molecule has 2 fully saturated rings. The van der Waals surface area contributed by atoms with Crippen LogP contribution in [0.25, 0.3) is 11.0 Å². The van der Waals surface area contributed by atoms with Gasteiger partial charge >= 0.3 is 0 Å². The Kier molecular flexibility index (Phi) is 9.62. The van der Waals surface area contributed by atoms with Crippen molar-refractivity contribution in [2.75, 3.05) is 0 Å². The van der Waals surface area contributed by atoms with Gasteiger partial charge < -0.3 is 15.1 Å². The van der Waals surface area contributed by atoms with E-state index in [1.165, 1.54) is 0 Å². The lowest BCUT2D eigenvalue weighted by Crippen LogP contribution is -2.52. The van der Waals surface area contributed by atoms with Crippen molar-refractivity contribution in [2.45, 2.75) is 82.7 Å². The first-order valence-electron chi connectivity index (χ1n) is 15.1. The van der Waals surface area contributed by atoms with Crippen LogP contribution in [0.2, 0.25) is 0 Å². The lowest BCUT2D eigenvalue weighted by atomic mass is 9.90. The highest BCUT2D eigenvalue weighted by Gasteiger charge is 2.36. The Hall–Kier alpha value is -4.07. The Bertz CT molecular complexity index is 1410. The molecule has 2 saturated carbocycles. The smallest absolute Gasteiger partial charge is 0.289 e. The predicted octanol–water partition coefficient (Wildman–Crippen LogP) is 5.13. The molecule has 2 aromatic carbocycles. The van der Waals surface area contributed by atoms with Crippen LogP contribution >= 0.6 is 0 Å². The van der Waals surface area contributed by atoms with Gasteiger partial charge in [0.15, 0.2) is 11.5 Å². The van der Waals surface area contributed by atoms with Crippen molar-refractivity contribution in [3.63, 3.8) is 0 Å². The monoisotopic (exact) mass is 570 g/mol. The van der Waals surface area contributed by atoms with Crippen molar-refractivity contribution in [2.24, 2.45) is 11.8 Å². The third kappa shape index (κ3) is 7.41. The first-order valence-corrected chi connectivity index (χ1v) is 15.1. The largest absolute Gasteiger partial charge is 0.453 e. The Morgan fingerprint density at radius 3 is 2.33 bits per heavy atom. The Morgan fingerprint density at radius 1 is 0.881 bits per heavy atom. The molecule has 2 N–H and O–H groups in total. The number of carbonyl (C=O) groups is 5. The molecule has 0 bridgehead atoms. The Labute approximate surface area is 245 Å². The molecule has 0 radical (unpaired) electrons. The normalized spacial score (nSPS) is 18.9. The molecule has 1 heterocycles. The quantitative estimate of drug-likeness (QED) is 0.230. The average Bonchev–Trinajstić information content (AvgIpc) is 3.63. The fourth-order valence-corrected chi connectivity index (χ4v) is 6.20. The standard InChI is InChI=1S/C34H38N2O6/c37-28-16-9-13-23(28)19-27(32(39)34(41)35-26-14-5-2-6-15-26)36-33(40)25(18-22-10-3-1-4-11-22)20-29(38)31-21-24-12-7-8-17-30(24)42-31/h1,3-4,7-8,10-12,17,21,23,25-27H,2,5-6,9,13-16,18-20H2,(H,35,41)(H,36,40)/t23-,25+,27-/m0/s1. The average molecular weight is 571 g/mol. The summed E-state index contributed by atoms with van der Waals surface area (Å²) in [6.45, 7) is 0. The third-order valence-corrected chi connectivity index (χ3v) is 8.58. The Balaban J connectivity index is 1.34. The molecular formula is C34H38N2O6. The van der Waals surface area contributed by atoms with Gasteiger partial charge in [-0.15, -0.1) is 0 Å². The molecule has 1 aromatic heterocycles. The highest BCUT2D eigenvalue weighted by Crippen LogP contribution is 2.27. The van der Waals surface area contributed by atoms with Gasteiger partial charge in [-0.25, -0.2) is 0 Å². The van der Waals surface area contributed by atoms with Gasteiger partial charge in [-0.1, -0.05) is 67.8 Å². The number of furan rings is 1. The molecule has 2 aliphatic rings. The van der Waals surface area contributed by atoms with Gasteiger partial charge in [-0.3, -0.25) is 24.0 Å². The highest BCUT2D eigenvalue weighted by molar-refractivity contribution is 6.38. The fourth-order valence-electron chi connectivity index (χ4n) is 6.20. The molecule has 8 nitrogen and oxygen atoms in total. The number of rotatable bonds is 12. The minimum absolute atomic E-state index is 0.0515. The van der Waals surface area contributed by atoms with Crippen LogP contribution in [0.4, 0.5) is 0 Å². The summed E-state index contributed by atoms with van der Waals surface area (Å²) in [6, 6.07) is 17.1. The zero-order valence-electron chi connectivity index (χ0n) is 23.8. The van der Waals surface area contributed by atoms with E-state index < -0.39 is 29.6 Å². The molecule has 0 saturated heterocycles. The first-order chi connectivity index (χ1) is 20.4. The van der Waals surface area contributed by atoms with Crippen LogP contribution in [0.15, 0.2) is 65.1 Å². The van der Waals surface area contributed by atoms with Crippen LogP contribution in [0.5, 0.6) is 0 Å². The number of carbonyl (C=O) groups excluding carboxylic acids is 5. The summed E-state index contributed by atoms with van der Waals surface area (Å²) in [4.78, 5) is 66.1. The molecule has 3 aromatic rings. The van der Waals surface area contributed by atoms with Crippen molar-refractivity contribution in [1.29, 1.82) is 0 Å². The highest BCUT2D eigenvalue weighted by atomic mass is 16.3. The summed E-state index contributed by atoms with van der Waals surface area (Å²) >= 11 is 0. The number of hydrogen-bond acceptors (Lipinski definition) is 6. The second-order valence-corrected chi connectivity index (χ2v) is 11.7. The van der Waals surface area contributed by atoms with Gasteiger partial charge in [0.05, 0.1) is 6.04 Å². The van der Waals surface area contributed by atoms with Crippen LogP contribution in [0.1, 0.15) is 80.3 Å². The van der Waals surface area contributed by atoms with Gasteiger partial charge in [0, 0.05) is 36.1 Å². The maximum absolute atomic E-state index is 13.8. The summed E-state index contributed by atoms with van der Waals surface area (Å²) < 4.78 is 5.76. The SMILES string of the molecule is O=C(NC1CCCCC1)C(=O)[C@H](C[C@@H]1CCCC1=O)NC(=O)[C@@H](CC(=O)c1cc2ccccc2o1)Cc1ccccc1. The molecule has 5 rings (SSSR count). The van der Waals surface area contributed by atoms with Crippen LogP contribution in [-0.4, -0.2) is 41.2 Å². The second kappa shape index (κ2) is 13.7. The molecular weight excluding hydrogens is 532 g/mol. The van der Waals surface area contributed by atoms with Crippen LogP contribution in [0.3, 0.4) is 0 Å². The van der Waals surface area contributed by atoms with E-state index in [9.17, 15) is 24.0 Å². The number of hydrogen-bond donors (Lipinski definition) is 2. The van der Waals surface area contributed by atoms with E-state index >= 15 is 0 Å². The van der Waals surface area contributed by atoms with Gasteiger partial charge in [-0.2, -0.15) is 0 Å². The van der Waals surface area contributed by atoms with Crippen LogP contribution in [0, 0.1) is 11.8 Å². The summed E-state index contributed by atoms with van der Waals surface area (Å²) in [7, 11) is 0. The van der Waals surface area contributed by atoms with Crippen molar-refractivity contribution >= 4 is 40.1 Å². The van der Waals surface area contributed by atoms with E-state index in [1.807, 2.05) is 48.5 Å². The molecule has 220 valence electrons. The van der Waals surface area contributed by atoms with E-state index in [2.05, 4.69) is 10.6 Å². The number of benzene rings is 2. The second-order valence-electron chi connectivity index (χ2n) is 11.7. The predicted molar refractivity (Wildman–Crippen MR) is 158 cm³/mol. The lowest BCUT2D eigenvalue weighted by molar-refractivity contribution is -0.141. The minimum atomic E-state index is -1.15. The summed E-state index contributed by atoms with van der Waals surface area (Å²) in [6.07, 6.45) is 6.74. The van der Waals surface area contributed by atoms with Crippen molar-refractivity contribution in [3.8, 4) is 0 Å². The summed E-state index contributed by atoms with van der Waals surface area (Å²) in [5.74, 6) is -3.28. The molecule has 42 heavy (non-hydrogen) atoms. The number of Topliss-reactive ketones (excluding diaryl/α,β-unsaturated/α-hetero) is 3. The Morgan fingerprint density at radius 2 is 1.62 bits per heavy atom. The van der Waals surface area contributed by atoms with Crippen LogP contribution < -0.4 is 10.6 Å². The number of ketones is 3. The van der Waals surface area contributed by atoms with Gasteiger partial charge in [0.1, 0.15) is 11.4 Å². The van der Waals surface area contributed by atoms with E-state index in [4.69, 9.17) is 4.42 Å². The van der Waals surface area contributed by atoms with Gasteiger partial charge in [0.25, 0.3) is 5.91 Å². The first kappa shape index (κ1) is 29.4.